The Morgan fingerprint density at radius 1 is 1.04 bits per heavy atom. The van der Waals surface area contributed by atoms with Crippen molar-refractivity contribution in [3.8, 4) is 0 Å². The molecule has 1 aliphatic rings. The fourth-order valence-corrected chi connectivity index (χ4v) is 3.30. The van der Waals surface area contributed by atoms with Gasteiger partial charge in [0, 0.05) is 45.5 Å². The Balaban J connectivity index is 1.60. The molecule has 1 fully saturated rings. The molecule has 0 aliphatic carbocycles. The molecule has 24 heavy (non-hydrogen) atoms. The van der Waals surface area contributed by atoms with Crippen LogP contribution in [-0.2, 0) is 13.6 Å². The fraction of sp³-hybridized carbons (Fsp3) is 0.474. The number of hydrogen-bond donors (Lipinski definition) is 0. The lowest BCUT2D eigenvalue weighted by Gasteiger charge is -2.34. The largest absolute Gasteiger partial charge is 0.336 e. The first-order valence-electron chi connectivity index (χ1n) is 8.53. The van der Waals surface area contributed by atoms with E-state index in [-0.39, 0.29) is 5.91 Å². The Labute approximate surface area is 143 Å². The van der Waals surface area contributed by atoms with Gasteiger partial charge in [-0.1, -0.05) is 29.8 Å². The lowest BCUT2D eigenvalue weighted by atomic mass is 10.1. The van der Waals surface area contributed by atoms with Gasteiger partial charge in [-0.05, 0) is 26.3 Å². The van der Waals surface area contributed by atoms with Gasteiger partial charge in [0.25, 0.3) is 5.91 Å². The first-order chi connectivity index (χ1) is 11.5. The van der Waals surface area contributed by atoms with Crippen LogP contribution >= 0.6 is 0 Å². The van der Waals surface area contributed by atoms with Crippen LogP contribution in [0.25, 0.3) is 0 Å². The van der Waals surface area contributed by atoms with Crippen molar-refractivity contribution in [1.29, 1.82) is 0 Å². The molecule has 1 aromatic carbocycles. The van der Waals surface area contributed by atoms with Crippen LogP contribution in [0, 0.1) is 20.8 Å². The van der Waals surface area contributed by atoms with E-state index in [4.69, 9.17) is 0 Å². The Morgan fingerprint density at radius 3 is 2.21 bits per heavy atom. The van der Waals surface area contributed by atoms with Crippen molar-refractivity contribution in [2.45, 2.75) is 27.3 Å². The van der Waals surface area contributed by atoms with Gasteiger partial charge in [-0.2, -0.15) is 5.10 Å². The van der Waals surface area contributed by atoms with E-state index >= 15 is 0 Å². The molecule has 5 heteroatoms. The van der Waals surface area contributed by atoms with E-state index in [9.17, 15) is 4.79 Å². The monoisotopic (exact) mass is 326 g/mol. The number of piperazine rings is 1. The summed E-state index contributed by atoms with van der Waals surface area (Å²) in [6.45, 7) is 10.3. The minimum Gasteiger partial charge on any atom is -0.336 e. The fourth-order valence-electron chi connectivity index (χ4n) is 3.30. The van der Waals surface area contributed by atoms with Crippen molar-refractivity contribution >= 4 is 5.91 Å². The zero-order valence-electron chi connectivity index (χ0n) is 15.0. The van der Waals surface area contributed by atoms with Crippen LogP contribution in [-0.4, -0.2) is 51.7 Å². The molecule has 0 atom stereocenters. The molecule has 0 saturated carbocycles. The van der Waals surface area contributed by atoms with Gasteiger partial charge in [-0.3, -0.25) is 14.4 Å². The van der Waals surface area contributed by atoms with Crippen LogP contribution in [0.1, 0.15) is 32.9 Å². The van der Waals surface area contributed by atoms with Crippen LogP contribution in [0.5, 0.6) is 0 Å². The average molecular weight is 326 g/mol. The van der Waals surface area contributed by atoms with Crippen molar-refractivity contribution in [3.63, 3.8) is 0 Å². The summed E-state index contributed by atoms with van der Waals surface area (Å²) in [6.07, 6.45) is 0. The van der Waals surface area contributed by atoms with Gasteiger partial charge in [0.1, 0.15) is 0 Å². The molecule has 5 nitrogen and oxygen atoms in total. The number of amides is 1. The second-order valence-corrected chi connectivity index (χ2v) is 6.72. The highest BCUT2D eigenvalue weighted by atomic mass is 16.2. The number of carbonyl (C=O) groups is 1. The standard InChI is InChI=1S/C19H26N4O/c1-14-5-7-17(8-6-14)13-22-9-11-23(12-10-22)19(24)18-15(2)20-21(4)16(18)3/h5-8H,9-13H2,1-4H3. The maximum atomic E-state index is 12.8. The van der Waals surface area contributed by atoms with E-state index in [1.165, 1.54) is 11.1 Å². The molecule has 2 heterocycles. The number of carbonyl (C=O) groups excluding carboxylic acids is 1. The van der Waals surface area contributed by atoms with E-state index in [2.05, 4.69) is 41.2 Å². The summed E-state index contributed by atoms with van der Waals surface area (Å²) in [5.74, 6) is 0.119. The zero-order chi connectivity index (χ0) is 17.3. The van der Waals surface area contributed by atoms with Crippen LogP contribution in [0.15, 0.2) is 24.3 Å². The maximum Gasteiger partial charge on any atom is 0.257 e. The summed E-state index contributed by atoms with van der Waals surface area (Å²) in [6, 6.07) is 8.69. The topological polar surface area (TPSA) is 41.4 Å². The predicted molar refractivity (Wildman–Crippen MR) is 95.0 cm³/mol. The Morgan fingerprint density at radius 2 is 1.67 bits per heavy atom. The van der Waals surface area contributed by atoms with Crippen molar-refractivity contribution in [2.75, 3.05) is 26.2 Å². The SMILES string of the molecule is Cc1ccc(CN2CCN(C(=O)c3c(C)nn(C)c3C)CC2)cc1. The minimum absolute atomic E-state index is 0.119. The maximum absolute atomic E-state index is 12.8. The molecule has 1 amide bonds. The molecular formula is C19H26N4O. The number of nitrogens with zero attached hydrogens (tertiary/aromatic N) is 4. The predicted octanol–water partition coefficient (Wildman–Crippen LogP) is 2.30. The number of rotatable bonds is 3. The van der Waals surface area contributed by atoms with Crippen LogP contribution in [0.3, 0.4) is 0 Å². The Hall–Kier alpha value is -2.14. The van der Waals surface area contributed by atoms with Gasteiger partial charge in [0.15, 0.2) is 0 Å². The summed E-state index contributed by atoms with van der Waals surface area (Å²) in [4.78, 5) is 17.2. The number of hydrogen-bond acceptors (Lipinski definition) is 3. The molecule has 1 aromatic heterocycles. The summed E-state index contributed by atoms with van der Waals surface area (Å²) in [7, 11) is 1.89. The quantitative estimate of drug-likeness (QED) is 0.869. The second kappa shape index (κ2) is 6.77. The van der Waals surface area contributed by atoms with Gasteiger partial charge in [-0.25, -0.2) is 0 Å². The highest BCUT2D eigenvalue weighted by Gasteiger charge is 2.26. The van der Waals surface area contributed by atoms with Gasteiger partial charge in [-0.15, -0.1) is 0 Å². The minimum atomic E-state index is 0.119. The Bertz CT molecular complexity index is 725. The van der Waals surface area contributed by atoms with E-state index in [1.807, 2.05) is 25.8 Å². The van der Waals surface area contributed by atoms with E-state index in [0.717, 1.165) is 49.7 Å². The van der Waals surface area contributed by atoms with Crippen LogP contribution < -0.4 is 0 Å². The molecule has 128 valence electrons. The normalized spacial score (nSPS) is 15.8. The van der Waals surface area contributed by atoms with E-state index < -0.39 is 0 Å². The molecule has 0 radical (unpaired) electrons. The molecule has 0 N–H and O–H groups in total. The first kappa shape index (κ1) is 16.7. The highest BCUT2D eigenvalue weighted by molar-refractivity contribution is 5.96. The van der Waals surface area contributed by atoms with Crippen molar-refractivity contribution in [3.05, 3.63) is 52.3 Å². The number of aromatic nitrogens is 2. The lowest BCUT2D eigenvalue weighted by molar-refractivity contribution is 0.0627. The Kier molecular flexibility index (Phi) is 4.71. The smallest absolute Gasteiger partial charge is 0.257 e. The number of aryl methyl sites for hydroxylation is 3. The van der Waals surface area contributed by atoms with E-state index in [0.29, 0.717) is 0 Å². The molecule has 1 aliphatic heterocycles. The second-order valence-electron chi connectivity index (χ2n) is 6.72. The van der Waals surface area contributed by atoms with Gasteiger partial charge >= 0.3 is 0 Å². The van der Waals surface area contributed by atoms with Crippen molar-refractivity contribution in [2.24, 2.45) is 7.05 Å². The average Bonchev–Trinajstić information content (AvgIpc) is 2.82. The van der Waals surface area contributed by atoms with Gasteiger partial charge < -0.3 is 4.90 Å². The highest BCUT2D eigenvalue weighted by Crippen LogP contribution is 2.17. The van der Waals surface area contributed by atoms with E-state index in [1.54, 1.807) is 4.68 Å². The van der Waals surface area contributed by atoms with Crippen LogP contribution in [0.2, 0.25) is 0 Å². The van der Waals surface area contributed by atoms with Crippen LogP contribution in [0.4, 0.5) is 0 Å². The van der Waals surface area contributed by atoms with Gasteiger partial charge in [0.2, 0.25) is 0 Å². The molecule has 0 spiro atoms. The molecule has 0 bridgehead atoms. The summed E-state index contributed by atoms with van der Waals surface area (Å²) < 4.78 is 1.79. The molecule has 2 aromatic rings. The molecular weight excluding hydrogens is 300 g/mol. The third kappa shape index (κ3) is 3.36. The third-order valence-electron chi connectivity index (χ3n) is 4.91. The molecule has 3 rings (SSSR count). The zero-order valence-corrected chi connectivity index (χ0v) is 15.0. The van der Waals surface area contributed by atoms with Crippen molar-refractivity contribution in [1.82, 2.24) is 19.6 Å². The molecule has 0 unspecified atom stereocenters. The third-order valence-corrected chi connectivity index (χ3v) is 4.91. The summed E-state index contributed by atoms with van der Waals surface area (Å²) in [5.41, 5.74) is 5.15. The number of benzene rings is 1. The lowest BCUT2D eigenvalue weighted by Crippen LogP contribution is -2.48. The summed E-state index contributed by atoms with van der Waals surface area (Å²) in [5, 5.41) is 4.36. The summed E-state index contributed by atoms with van der Waals surface area (Å²) >= 11 is 0. The first-order valence-corrected chi connectivity index (χ1v) is 8.53. The van der Waals surface area contributed by atoms with Crippen molar-refractivity contribution < 1.29 is 4.79 Å². The van der Waals surface area contributed by atoms with Gasteiger partial charge in [0.05, 0.1) is 11.3 Å². The molecule has 1 saturated heterocycles.